The van der Waals surface area contributed by atoms with Gasteiger partial charge in [0.2, 0.25) is 0 Å². The van der Waals surface area contributed by atoms with Crippen molar-refractivity contribution < 1.29 is 27.6 Å². The van der Waals surface area contributed by atoms with Crippen LogP contribution in [-0.2, 0) is 15.5 Å². The van der Waals surface area contributed by atoms with Crippen molar-refractivity contribution in [1.29, 1.82) is 0 Å². The number of hydrogen-bond acceptors (Lipinski definition) is 3. The first-order valence-corrected chi connectivity index (χ1v) is 7.56. The van der Waals surface area contributed by atoms with Crippen molar-refractivity contribution >= 4 is 7.12 Å². The summed E-state index contributed by atoms with van der Waals surface area (Å²) in [6.07, 6.45) is -5.56. The third kappa shape index (κ3) is 3.57. The van der Waals surface area contributed by atoms with Crippen LogP contribution in [0.1, 0.15) is 51.8 Å². The van der Waals surface area contributed by atoms with Crippen molar-refractivity contribution in [1.82, 2.24) is 0 Å². The first-order valence-electron chi connectivity index (χ1n) is 7.56. The molecule has 7 heteroatoms. The van der Waals surface area contributed by atoms with Crippen LogP contribution in [-0.4, -0.2) is 23.4 Å². The van der Waals surface area contributed by atoms with Gasteiger partial charge in [0.25, 0.3) is 0 Å². The molecule has 1 aromatic carbocycles. The van der Waals surface area contributed by atoms with E-state index in [4.69, 9.17) is 9.31 Å². The summed E-state index contributed by atoms with van der Waals surface area (Å²) in [4.78, 5) is 0. The van der Waals surface area contributed by atoms with E-state index < -0.39 is 42.0 Å². The van der Waals surface area contributed by atoms with E-state index >= 15 is 0 Å². The van der Waals surface area contributed by atoms with E-state index in [1.54, 1.807) is 6.92 Å². The largest absolute Gasteiger partial charge is 0.463 e. The summed E-state index contributed by atoms with van der Waals surface area (Å²) in [6.45, 7) is 9.24. The van der Waals surface area contributed by atoms with E-state index in [0.29, 0.717) is 0 Å². The Kier molecular flexibility index (Phi) is 4.61. The lowest BCUT2D eigenvalue weighted by atomic mass is 9.68. The number of alkyl halides is 3. The molecule has 2 atom stereocenters. The SMILES string of the molecule is CC(B1OC(C)(C)C(C)(C)O1)C(O)c1cccc(C(F)(F)F)c1. The van der Waals surface area contributed by atoms with Crippen LogP contribution >= 0.6 is 0 Å². The highest BCUT2D eigenvalue weighted by molar-refractivity contribution is 6.47. The Bertz CT molecular complexity index is 556. The first kappa shape index (κ1) is 18.3. The quantitative estimate of drug-likeness (QED) is 0.844. The molecule has 0 aliphatic carbocycles. The van der Waals surface area contributed by atoms with Crippen LogP contribution in [0.25, 0.3) is 0 Å². The van der Waals surface area contributed by atoms with Crippen molar-refractivity contribution in [3.05, 3.63) is 35.4 Å². The van der Waals surface area contributed by atoms with Crippen LogP contribution in [0.15, 0.2) is 24.3 Å². The molecule has 1 saturated heterocycles. The number of aliphatic hydroxyl groups is 1. The molecule has 1 N–H and O–H groups in total. The fraction of sp³-hybridized carbons (Fsp3) is 0.625. The minimum absolute atomic E-state index is 0.196. The van der Waals surface area contributed by atoms with Crippen molar-refractivity contribution in [2.45, 2.75) is 63.9 Å². The van der Waals surface area contributed by atoms with Gasteiger partial charge in [-0.25, -0.2) is 0 Å². The molecule has 0 radical (unpaired) electrons. The minimum atomic E-state index is -4.44. The van der Waals surface area contributed by atoms with Crippen molar-refractivity contribution in [3.8, 4) is 0 Å². The Morgan fingerprint density at radius 3 is 2.09 bits per heavy atom. The highest BCUT2D eigenvalue weighted by Crippen LogP contribution is 2.43. The molecule has 1 heterocycles. The molecule has 3 nitrogen and oxygen atoms in total. The summed E-state index contributed by atoms with van der Waals surface area (Å²) in [5.74, 6) is -0.514. The van der Waals surface area contributed by atoms with Crippen LogP contribution in [0, 0.1) is 0 Å². The lowest BCUT2D eigenvalue weighted by Crippen LogP contribution is -2.41. The number of hydrogen-bond donors (Lipinski definition) is 1. The molecule has 1 aliphatic rings. The molecular formula is C16H22BF3O3. The molecule has 2 unspecified atom stereocenters. The standard InChI is InChI=1S/C16H22BF3O3/c1-10(17-22-14(2,3)15(4,5)23-17)13(21)11-7-6-8-12(9-11)16(18,19)20/h6-10,13,21H,1-5H3. The van der Waals surface area contributed by atoms with E-state index in [-0.39, 0.29) is 5.56 Å². The monoisotopic (exact) mass is 330 g/mol. The molecular weight excluding hydrogens is 308 g/mol. The first-order chi connectivity index (χ1) is 10.3. The minimum Gasteiger partial charge on any atom is -0.403 e. The van der Waals surface area contributed by atoms with E-state index in [1.165, 1.54) is 12.1 Å². The van der Waals surface area contributed by atoms with Crippen molar-refractivity contribution in [2.24, 2.45) is 0 Å². The van der Waals surface area contributed by atoms with Gasteiger partial charge in [0.15, 0.2) is 0 Å². The molecule has 0 aromatic heterocycles. The average Bonchev–Trinajstić information content (AvgIpc) is 2.65. The lowest BCUT2D eigenvalue weighted by molar-refractivity contribution is -0.137. The fourth-order valence-corrected chi connectivity index (χ4v) is 2.45. The van der Waals surface area contributed by atoms with E-state index in [2.05, 4.69) is 0 Å². The summed E-state index contributed by atoms with van der Waals surface area (Å²) in [6, 6.07) is 4.71. The molecule has 1 aromatic rings. The van der Waals surface area contributed by atoms with Gasteiger partial charge in [-0.2, -0.15) is 13.2 Å². The van der Waals surface area contributed by atoms with Crippen molar-refractivity contribution in [2.75, 3.05) is 0 Å². The second-order valence-corrected chi connectivity index (χ2v) is 7.05. The number of halogens is 3. The van der Waals surface area contributed by atoms with Crippen LogP contribution < -0.4 is 0 Å². The van der Waals surface area contributed by atoms with Gasteiger partial charge >= 0.3 is 13.3 Å². The van der Waals surface area contributed by atoms with Gasteiger partial charge in [0, 0.05) is 5.82 Å². The van der Waals surface area contributed by atoms with Crippen LogP contribution in [0.5, 0.6) is 0 Å². The maximum Gasteiger partial charge on any atom is 0.463 e. The summed E-state index contributed by atoms with van der Waals surface area (Å²) < 4.78 is 50.1. The van der Waals surface area contributed by atoms with Crippen LogP contribution in [0.3, 0.4) is 0 Å². The third-order valence-electron chi connectivity index (χ3n) is 4.75. The maximum atomic E-state index is 12.8. The Balaban J connectivity index is 2.20. The van der Waals surface area contributed by atoms with Gasteiger partial charge in [-0.05, 0) is 45.4 Å². The third-order valence-corrected chi connectivity index (χ3v) is 4.75. The summed E-state index contributed by atoms with van der Waals surface area (Å²) >= 11 is 0. The lowest BCUT2D eigenvalue weighted by Gasteiger charge is -2.32. The van der Waals surface area contributed by atoms with Gasteiger partial charge in [0.05, 0.1) is 22.9 Å². The second-order valence-electron chi connectivity index (χ2n) is 7.05. The molecule has 1 fully saturated rings. The van der Waals surface area contributed by atoms with Crippen LogP contribution in [0.4, 0.5) is 13.2 Å². The molecule has 1 aliphatic heterocycles. The number of benzene rings is 1. The maximum absolute atomic E-state index is 12.8. The van der Waals surface area contributed by atoms with E-state index in [9.17, 15) is 18.3 Å². The molecule has 2 rings (SSSR count). The van der Waals surface area contributed by atoms with Crippen molar-refractivity contribution in [3.63, 3.8) is 0 Å². The van der Waals surface area contributed by atoms with E-state index in [0.717, 1.165) is 12.1 Å². The Labute approximate surface area is 134 Å². The van der Waals surface area contributed by atoms with Crippen LogP contribution in [0.2, 0.25) is 5.82 Å². The van der Waals surface area contributed by atoms with Gasteiger partial charge in [-0.3, -0.25) is 0 Å². The normalized spacial score (nSPS) is 22.9. The summed E-state index contributed by atoms with van der Waals surface area (Å²) in [7, 11) is -0.690. The number of rotatable bonds is 3. The topological polar surface area (TPSA) is 38.7 Å². The average molecular weight is 330 g/mol. The fourth-order valence-electron chi connectivity index (χ4n) is 2.45. The Hall–Kier alpha value is -1.05. The van der Waals surface area contributed by atoms with Gasteiger partial charge < -0.3 is 14.4 Å². The molecule has 0 bridgehead atoms. The summed E-state index contributed by atoms with van der Waals surface area (Å²) in [5, 5.41) is 10.5. The predicted molar refractivity (Wildman–Crippen MR) is 81.9 cm³/mol. The van der Waals surface area contributed by atoms with Gasteiger partial charge in [-0.15, -0.1) is 0 Å². The Morgan fingerprint density at radius 1 is 1.09 bits per heavy atom. The summed E-state index contributed by atoms with van der Waals surface area (Å²) in [5.41, 5.74) is -1.70. The Morgan fingerprint density at radius 2 is 1.61 bits per heavy atom. The number of aliphatic hydroxyl groups excluding tert-OH is 1. The zero-order chi connectivity index (χ0) is 17.6. The highest BCUT2D eigenvalue weighted by atomic mass is 19.4. The molecule has 0 saturated carbocycles. The molecule has 23 heavy (non-hydrogen) atoms. The molecule has 128 valence electrons. The highest BCUT2D eigenvalue weighted by Gasteiger charge is 2.54. The van der Waals surface area contributed by atoms with Gasteiger partial charge in [0.1, 0.15) is 0 Å². The van der Waals surface area contributed by atoms with Gasteiger partial charge in [-0.1, -0.05) is 19.1 Å². The second kappa shape index (κ2) is 5.79. The zero-order valence-electron chi connectivity index (χ0n) is 13.9. The molecule has 0 spiro atoms. The van der Waals surface area contributed by atoms with E-state index in [1.807, 2.05) is 27.7 Å². The smallest absolute Gasteiger partial charge is 0.403 e. The predicted octanol–water partition coefficient (Wildman–Crippen LogP) is 4.22. The zero-order valence-corrected chi connectivity index (χ0v) is 13.9. The molecule has 0 amide bonds.